The molecule has 1 aliphatic heterocycles. The molecule has 3 N–H and O–H groups in total. The Kier molecular flexibility index (Phi) is 9.07. The van der Waals surface area contributed by atoms with E-state index in [1.54, 1.807) is 12.1 Å². The molecule has 0 spiro atoms. The van der Waals surface area contributed by atoms with E-state index >= 15 is 0 Å². The number of methoxy groups -OCH3 is 1. The molecule has 3 aromatic rings. The number of aromatic nitrogens is 2. The summed E-state index contributed by atoms with van der Waals surface area (Å²) in [5.41, 5.74) is 6.08. The molecule has 4 rings (SSSR count). The lowest BCUT2D eigenvalue weighted by Gasteiger charge is -2.38. The molecule has 2 heterocycles. The van der Waals surface area contributed by atoms with Gasteiger partial charge in [0, 0.05) is 30.8 Å². The standard InChI is InChI=1S/C25H26Cl2FN5O7S/c1-12(40-41(3,36)37)25(35)33-7-6-13(8-18(33)23(29)34)39-20-9-14-17(10-19(20)38-2)30-11-31-24(14)32-16-5-4-15(26)21(27)22(16)28/h4-5,9-13,18H,6-8H2,1-3H3,(H2,29,34)(H,30,31,32)/t12-,13?,18?/m1/s1. The van der Waals surface area contributed by atoms with Crippen LogP contribution in [0.25, 0.3) is 10.9 Å². The maximum Gasteiger partial charge on any atom is 0.265 e. The van der Waals surface area contributed by atoms with Crippen LogP contribution in [0.2, 0.25) is 10.0 Å². The van der Waals surface area contributed by atoms with Crippen molar-refractivity contribution >= 4 is 67.5 Å². The quantitative estimate of drug-likeness (QED) is 0.265. The number of likely N-dealkylation sites (tertiary alicyclic amines) is 1. The second-order valence-electron chi connectivity index (χ2n) is 9.25. The van der Waals surface area contributed by atoms with Crippen molar-refractivity contribution in [2.24, 2.45) is 5.73 Å². The van der Waals surface area contributed by atoms with Gasteiger partial charge in [0.15, 0.2) is 23.4 Å². The summed E-state index contributed by atoms with van der Waals surface area (Å²) in [4.78, 5) is 34.8. The Morgan fingerprint density at radius 3 is 2.61 bits per heavy atom. The van der Waals surface area contributed by atoms with Gasteiger partial charge in [0.05, 0.1) is 34.6 Å². The van der Waals surface area contributed by atoms with Gasteiger partial charge in [-0.25, -0.2) is 14.4 Å². The lowest BCUT2D eigenvalue weighted by Crippen LogP contribution is -2.56. The van der Waals surface area contributed by atoms with Crippen molar-refractivity contribution < 1.29 is 36.1 Å². The van der Waals surface area contributed by atoms with Crippen molar-refractivity contribution in [1.29, 1.82) is 0 Å². The van der Waals surface area contributed by atoms with Crippen molar-refractivity contribution in [3.05, 3.63) is 46.5 Å². The molecule has 12 nitrogen and oxygen atoms in total. The number of nitrogens with two attached hydrogens (primary N) is 1. The number of ether oxygens (including phenoxy) is 2. The number of amides is 2. The van der Waals surface area contributed by atoms with Crippen LogP contribution in [0, 0.1) is 5.82 Å². The minimum atomic E-state index is -3.90. The number of hydrogen-bond donors (Lipinski definition) is 2. The number of rotatable bonds is 9. The van der Waals surface area contributed by atoms with Crippen LogP contribution in [0.5, 0.6) is 11.5 Å². The molecule has 1 aliphatic rings. The van der Waals surface area contributed by atoms with Crippen LogP contribution in [-0.4, -0.2) is 73.3 Å². The summed E-state index contributed by atoms with van der Waals surface area (Å²) in [5.74, 6) is -1.39. The molecule has 2 aromatic carbocycles. The molecule has 2 unspecified atom stereocenters. The molecule has 3 atom stereocenters. The number of carbonyl (C=O) groups excluding carboxylic acids is 2. The Morgan fingerprint density at radius 2 is 1.95 bits per heavy atom. The summed E-state index contributed by atoms with van der Waals surface area (Å²) in [6.07, 6.45) is 0.510. The summed E-state index contributed by atoms with van der Waals surface area (Å²) >= 11 is 11.8. The molecule has 1 saturated heterocycles. The Labute approximate surface area is 245 Å². The zero-order valence-electron chi connectivity index (χ0n) is 22.1. The topological polar surface area (TPSA) is 163 Å². The van der Waals surface area contributed by atoms with E-state index in [2.05, 4.69) is 15.3 Å². The van der Waals surface area contributed by atoms with Crippen LogP contribution in [0.4, 0.5) is 15.9 Å². The third-order valence-electron chi connectivity index (χ3n) is 6.34. The number of halogens is 3. The predicted molar refractivity (Wildman–Crippen MR) is 150 cm³/mol. The lowest BCUT2D eigenvalue weighted by atomic mass is 9.98. The normalized spacial score (nSPS) is 18.1. The van der Waals surface area contributed by atoms with Crippen LogP contribution in [0.3, 0.4) is 0 Å². The third-order valence-corrected chi connectivity index (χ3v) is 7.75. The van der Waals surface area contributed by atoms with Crippen LogP contribution >= 0.6 is 23.2 Å². The Morgan fingerprint density at radius 1 is 1.22 bits per heavy atom. The van der Waals surface area contributed by atoms with Crippen molar-refractivity contribution in [2.75, 3.05) is 25.2 Å². The summed E-state index contributed by atoms with van der Waals surface area (Å²) in [6, 6.07) is 4.99. The van der Waals surface area contributed by atoms with E-state index in [1.165, 1.54) is 37.4 Å². The van der Waals surface area contributed by atoms with Gasteiger partial charge in [0.1, 0.15) is 24.3 Å². The highest BCUT2D eigenvalue weighted by molar-refractivity contribution is 7.86. The number of nitrogens with zero attached hydrogens (tertiary/aromatic N) is 3. The molecular weight excluding hydrogens is 604 g/mol. The van der Waals surface area contributed by atoms with Crippen LogP contribution in [-0.2, 0) is 23.9 Å². The van der Waals surface area contributed by atoms with E-state index in [9.17, 15) is 22.4 Å². The summed E-state index contributed by atoms with van der Waals surface area (Å²) in [5, 5.41) is 3.16. The SMILES string of the molecule is COc1cc2ncnc(Nc3ccc(Cl)c(Cl)c3F)c2cc1OC1CCN(C(=O)[C@@H](C)OS(C)(=O)=O)C(C(N)=O)C1. The minimum Gasteiger partial charge on any atom is -0.493 e. The van der Waals surface area contributed by atoms with E-state index in [0.717, 1.165) is 6.26 Å². The van der Waals surface area contributed by atoms with Crippen LogP contribution in [0.15, 0.2) is 30.6 Å². The average Bonchev–Trinajstić information content (AvgIpc) is 2.91. The van der Waals surface area contributed by atoms with Crippen molar-refractivity contribution in [1.82, 2.24) is 14.9 Å². The van der Waals surface area contributed by atoms with E-state index in [4.69, 9.17) is 42.6 Å². The van der Waals surface area contributed by atoms with E-state index in [0.29, 0.717) is 16.7 Å². The molecular formula is C25H26Cl2FN5O7S. The van der Waals surface area contributed by atoms with Crippen LogP contribution < -0.4 is 20.5 Å². The van der Waals surface area contributed by atoms with Gasteiger partial charge in [-0.3, -0.25) is 13.8 Å². The predicted octanol–water partition coefficient (Wildman–Crippen LogP) is 3.42. The number of benzene rings is 2. The Balaban J connectivity index is 1.60. The highest BCUT2D eigenvalue weighted by Gasteiger charge is 2.39. The number of anilines is 2. The highest BCUT2D eigenvalue weighted by Crippen LogP contribution is 2.38. The molecule has 16 heteroatoms. The van der Waals surface area contributed by atoms with Gasteiger partial charge in [-0.15, -0.1) is 0 Å². The monoisotopic (exact) mass is 629 g/mol. The minimum absolute atomic E-state index is 0.0265. The molecule has 0 aliphatic carbocycles. The van der Waals surface area contributed by atoms with Gasteiger partial charge < -0.3 is 25.4 Å². The average molecular weight is 630 g/mol. The number of primary amides is 1. The van der Waals surface area contributed by atoms with Gasteiger partial charge in [0.25, 0.3) is 16.0 Å². The molecule has 41 heavy (non-hydrogen) atoms. The molecule has 2 amide bonds. The van der Waals surface area contributed by atoms with Gasteiger partial charge in [-0.1, -0.05) is 23.2 Å². The first-order valence-electron chi connectivity index (χ1n) is 12.2. The Bertz CT molecular complexity index is 1610. The fourth-order valence-corrected chi connectivity index (χ4v) is 5.37. The fraction of sp³-hybridized carbons (Fsp3) is 0.360. The van der Waals surface area contributed by atoms with Crippen LogP contribution in [0.1, 0.15) is 19.8 Å². The molecule has 1 fully saturated rings. The lowest BCUT2D eigenvalue weighted by molar-refractivity contribution is -0.148. The number of nitrogens with one attached hydrogen (secondary N) is 1. The second-order valence-corrected chi connectivity index (χ2v) is 11.6. The van der Waals surface area contributed by atoms with E-state index in [1.807, 2.05) is 0 Å². The Hall–Kier alpha value is -3.46. The number of hydrogen-bond acceptors (Lipinski definition) is 10. The van der Waals surface area contributed by atoms with E-state index < -0.39 is 46.0 Å². The summed E-state index contributed by atoms with van der Waals surface area (Å²) < 4.78 is 54.1. The molecule has 0 radical (unpaired) electrons. The largest absolute Gasteiger partial charge is 0.493 e. The fourth-order valence-electron chi connectivity index (χ4n) is 4.46. The van der Waals surface area contributed by atoms with Crippen molar-refractivity contribution in [3.8, 4) is 11.5 Å². The molecule has 0 saturated carbocycles. The number of piperidine rings is 1. The van der Waals surface area contributed by atoms with Gasteiger partial charge >= 0.3 is 0 Å². The van der Waals surface area contributed by atoms with Gasteiger partial charge in [0.2, 0.25) is 5.91 Å². The smallest absolute Gasteiger partial charge is 0.265 e. The number of carbonyl (C=O) groups is 2. The first-order valence-corrected chi connectivity index (χ1v) is 14.7. The number of fused-ring (bicyclic) bond motifs is 1. The summed E-state index contributed by atoms with van der Waals surface area (Å²) in [7, 11) is -2.46. The van der Waals surface area contributed by atoms with Gasteiger partial charge in [-0.05, 0) is 25.1 Å². The molecule has 0 bridgehead atoms. The maximum atomic E-state index is 14.7. The third kappa shape index (κ3) is 6.89. The molecule has 1 aromatic heterocycles. The highest BCUT2D eigenvalue weighted by atomic mass is 35.5. The van der Waals surface area contributed by atoms with Crippen molar-refractivity contribution in [3.63, 3.8) is 0 Å². The molecule has 220 valence electrons. The van der Waals surface area contributed by atoms with Gasteiger partial charge in [-0.2, -0.15) is 8.42 Å². The second kappa shape index (κ2) is 12.2. The summed E-state index contributed by atoms with van der Waals surface area (Å²) in [6.45, 7) is 1.33. The first kappa shape index (κ1) is 30.5. The van der Waals surface area contributed by atoms with Crippen molar-refractivity contribution in [2.45, 2.75) is 38.0 Å². The maximum absolute atomic E-state index is 14.7. The first-order chi connectivity index (χ1) is 19.3. The zero-order chi connectivity index (χ0) is 30.1. The van der Waals surface area contributed by atoms with E-state index in [-0.39, 0.29) is 46.7 Å². The zero-order valence-corrected chi connectivity index (χ0v) is 24.4.